The topological polar surface area (TPSA) is 72.5 Å². The molecule has 0 bridgehead atoms. The third-order valence-corrected chi connectivity index (χ3v) is 2.54. The van der Waals surface area contributed by atoms with Gasteiger partial charge in [0.15, 0.2) is 0 Å². The molecule has 0 aromatic heterocycles. The Labute approximate surface area is 116 Å². The fourth-order valence-corrected chi connectivity index (χ4v) is 1.48. The van der Waals surface area contributed by atoms with E-state index in [1.54, 1.807) is 13.0 Å². The lowest BCUT2D eigenvalue weighted by Gasteiger charge is -2.22. The Kier molecular flexibility index (Phi) is 6.18. The molecule has 1 aromatic rings. The van der Waals surface area contributed by atoms with E-state index in [2.05, 4.69) is 4.74 Å². The van der Waals surface area contributed by atoms with Crippen LogP contribution in [0.15, 0.2) is 18.2 Å². The van der Waals surface area contributed by atoms with Gasteiger partial charge in [0, 0.05) is 5.56 Å². The number of para-hydroxylation sites is 1. The van der Waals surface area contributed by atoms with Gasteiger partial charge in [-0.1, -0.05) is 18.2 Å². The van der Waals surface area contributed by atoms with Crippen molar-refractivity contribution < 1.29 is 23.4 Å². The SMILES string of the molecule is CCOC(=O)C(F)(F)[C@H](N)c1cccc(C)c1O.Cl. The Morgan fingerprint density at radius 1 is 1.53 bits per heavy atom. The van der Waals surface area contributed by atoms with Gasteiger partial charge in [0.2, 0.25) is 0 Å². The first-order chi connectivity index (χ1) is 8.32. The second kappa shape index (κ2) is 6.68. The minimum atomic E-state index is -3.89. The van der Waals surface area contributed by atoms with E-state index in [4.69, 9.17) is 5.73 Å². The molecule has 0 spiro atoms. The van der Waals surface area contributed by atoms with Crippen LogP contribution in [0.5, 0.6) is 5.75 Å². The third kappa shape index (κ3) is 3.54. The van der Waals surface area contributed by atoms with E-state index < -0.39 is 17.9 Å². The van der Waals surface area contributed by atoms with Crippen LogP contribution in [0.3, 0.4) is 0 Å². The Morgan fingerprint density at radius 3 is 2.63 bits per heavy atom. The minimum absolute atomic E-state index is 0. The molecule has 0 amide bonds. The quantitative estimate of drug-likeness (QED) is 0.836. The predicted molar refractivity (Wildman–Crippen MR) is 68.6 cm³/mol. The summed E-state index contributed by atoms with van der Waals surface area (Å²) in [6.07, 6.45) is 0. The van der Waals surface area contributed by atoms with Crippen molar-refractivity contribution in [2.75, 3.05) is 6.61 Å². The van der Waals surface area contributed by atoms with Crippen molar-refractivity contribution in [2.24, 2.45) is 5.73 Å². The number of phenols is 1. The van der Waals surface area contributed by atoms with E-state index in [0.717, 1.165) is 0 Å². The summed E-state index contributed by atoms with van der Waals surface area (Å²) in [5.41, 5.74) is 5.58. The molecule has 0 fully saturated rings. The second-order valence-corrected chi connectivity index (χ2v) is 3.83. The summed E-state index contributed by atoms with van der Waals surface area (Å²) in [7, 11) is 0. The van der Waals surface area contributed by atoms with E-state index in [9.17, 15) is 18.7 Å². The number of nitrogens with two attached hydrogens (primary N) is 1. The van der Waals surface area contributed by atoms with E-state index in [1.807, 2.05) is 0 Å². The molecule has 0 saturated carbocycles. The molecule has 1 aromatic carbocycles. The van der Waals surface area contributed by atoms with Crippen LogP contribution in [0.2, 0.25) is 0 Å². The number of aromatic hydroxyl groups is 1. The van der Waals surface area contributed by atoms with Crippen LogP contribution in [0.1, 0.15) is 24.1 Å². The fourth-order valence-electron chi connectivity index (χ4n) is 1.48. The number of hydrogen-bond donors (Lipinski definition) is 2. The summed E-state index contributed by atoms with van der Waals surface area (Å²) < 4.78 is 31.6. The van der Waals surface area contributed by atoms with Gasteiger partial charge in [-0.25, -0.2) is 4.79 Å². The van der Waals surface area contributed by atoms with E-state index in [0.29, 0.717) is 5.56 Å². The number of ether oxygens (including phenoxy) is 1. The zero-order valence-corrected chi connectivity index (χ0v) is 11.3. The Hall–Kier alpha value is -1.40. The van der Waals surface area contributed by atoms with Crippen LogP contribution in [0.25, 0.3) is 0 Å². The van der Waals surface area contributed by atoms with Crippen LogP contribution in [0.4, 0.5) is 8.78 Å². The molecule has 0 radical (unpaired) electrons. The van der Waals surface area contributed by atoms with Crippen molar-refractivity contribution in [3.63, 3.8) is 0 Å². The first-order valence-electron chi connectivity index (χ1n) is 5.41. The minimum Gasteiger partial charge on any atom is -0.507 e. The summed E-state index contributed by atoms with van der Waals surface area (Å²) in [6, 6.07) is 2.33. The molecule has 1 atom stereocenters. The molecule has 0 heterocycles. The molecule has 108 valence electrons. The maximum absolute atomic E-state index is 13.7. The summed E-state index contributed by atoms with van der Waals surface area (Å²) >= 11 is 0. The number of phenolic OH excluding ortho intramolecular Hbond substituents is 1. The van der Waals surface area contributed by atoms with Gasteiger partial charge >= 0.3 is 11.9 Å². The van der Waals surface area contributed by atoms with E-state index in [1.165, 1.54) is 19.1 Å². The number of carbonyl (C=O) groups excluding carboxylic acids is 1. The van der Waals surface area contributed by atoms with Gasteiger partial charge in [-0.05, 0) is 19.4 Å². The molecule has 3 N–H and O–H groups in total. The van der Waals surface area contributed by atoms with E-state index >= 15 is 0 Å². The molecule has 4 nitrogen and oxygen atoms in total. The molecule has 0 saturated heterocycles. The normalized spacial score (nSPS) is 12.5. The van der Waals surface area contributed by atoms with Crippen molar-refractivity contribution in [3.05, 3.63) is 29.3 Å². The fraction of sp³-hybridized carbons (Fsp3) is 0.417. The molecule has 0 unspecified atom stereocenters. The third-order valence-electron chi connectivity index (χ3n) is 2.54. The van der Waals surface area contributed by atoms with E-state index in [-0.39, 0.29) is 30.3 Å². The van der Waals surface area contributed by atoms with Crippen molar-refractivity contribution in [1.29, 1.82) is 0 Å². The summed E-state index contributed by atoms with van der Waals surface area (Å²) in [5.74, 6) is -5.92. The van der Waals surface area contributed by atoms with Crippen LogP contribution >= 0.6 is 12.4 Å². The van der Waals surface area contributed by atoms with Crippen molar-refractivity contribution >= 4 is 18.4 Å². The van der Waals surface area contributed by atoms with Gasteiger partial charge in [-0.2, -0.15) is 8.78 Å². The van der Waals surface area contributed by atoms with Gasteiger partial charge < -0.3 is 15.6 Å². The largest absolute Gasteiger partial charge is 0.507 e. The lowest BCUT2D eigenvalue weighted by Crippen LogP contribution is -2.41. The highest BCUT2D eigenvalue weighted by Crippen LogP contribution is 2.36. The average molecular weight is 296 g/mol. The Morgan fingerprint density at radius 2 is 2.11 bits per heavy atom. The van der Waals surface area contributed by atoms with Crippen LogP contribution in [-0.4, -0.2) is 23.6 Å². The molecule has 19 heavy (non-hydrogen) atoms. The first-order valence-corrected chi connectivity index (χ1v) is 5.41. The zero-order chi connectivity index (χ0) is 13.9. The molecule has 0 aliphatic heterocycles. The van der Waals surface area contributed by atoms with Gasteiger partial charge in [0.05, 0.1) is 6.61 Å². The highest BCUT2D eigenvalue weighted by molar-refractivity contribution is 5.85. The van der Waals surface area contributed by atoms with Crippen LogP contribution in [0, 0.1) is 6.92 Å². The summed E-state index contributed by atoms with van der Waals surface area (Å²) in [6.45, 7) is 2.80. The molecular formula is C12H16ClF2NO3. The maximum Gasteiger partial charge on any atom is 0.379 e. The Bertz CT molecular complexity index is 455. The number of benzene rings is 1. The molecule has 7 heteroatoms. The lowest BCUT2D eigenvalue weighted by molar-refractivity contribution is -0.174. The maximum atomic E-state index is 13.7. The molecule has 0 aliphatic carbocycles. The predicted octanol–water partition coefficient (Wildman–Crippen LogP) is 2.32. The standard InChI is InChI=1S/C12H15F2NO3.ClH/c1-3-18-11(17)12(13,14)10(15)8-6-4-5-7(2)9(8)16;/h4-6,10,16H,3,15H2,1-2H3;1H/t10-;/m1./s1. The zero-order valence-electron chi connectivity index (χ0n) is 10.5. The lowest BCUT2D eigenvalue weighted by atomic mass is 9.98. The van der Waals surface area contributed by atoms with Gasteiger partial charge in [-0.3, -0.25) is 0 Å². The molecule has 0 aliphatic rings. The highest BCUT2D eigenvalue weighted by Gasteiger charge is 2.48. The van der Waals surface area contributed by atoms with Gasteiger partial charge in [0.1, 0.15) is 11.8 Å². The number of hydrogen-bond acceptors (Lipinski definition) is 4. The number of alkyl halides is 2. The highest BCUT2D eigenvalue weighted by atomic mass is 35.5. The number of rotatable bonds is 4. The van der Waals surface area contributed by atoms with Crippen LogP contribution in [-0.2, 0) is 9.53 Å². The van der Waals surface area contributed by atoms with Crippen molar-refractivity contribution in [3.8, 4) is 5.75 Å². The summed E-state index contributed by atoms with van der Waals surface area (Å²) in [5, 5.41) is 9.68. The summed E-state index contributed by atoms with van der Waals surface area (Å²) in [4.78, 5) is 11.1. The van der Waals surface area contributed by atoms with Gasteiger partial charge in [-0.15, -0.1) is 12.4 Å². The number of carbonyl (C=O) groups is 1. The first kappa shape index (κ1) is 17.6. The molecular weight excluding hydrogens is 280 g/mol. The van der Waals surface area contributed by atoms with Crippen LogP contribution < -0.4 is 5.73 Å². The Balaban J connectivity index is 0.00000324. The average Bonchev–Trinajstić information content (AvgIpc) is 2.32. The molecule has 1 rings (SSSR count). The number of aryl methyl sites for hydroxylation is 1. The van der Waals surface area contributed by atoms with Gasteiger partial charge in [0.25, 0.3) is 0 Å². The van der Waals surface area contributed by atoms with Crippen molar-refractivity contribution in [1.82, 2.24) is 0 Å². The monoisotopic (exact) mass is 295 g/mol. The van der Waals surface area contributed by atoms with Crippen molar-refractivity contribution in [2.45, 2.75) is 25.8 Å². The number of esters is 1. The second-order valence-electron chi connectivity index (χ2n) is 3.83. The smallest absolute Gasteiger partial charge is 0.379 e. The number of halogens is 3.